The first kappa shape index (κ1) is 12.2. The van der Waals surface area contributed by atoms with E-state index >= 15 is 0 Å². The minimum atomic E-state index is 0.573. The minimum Gasteiger partial charge on any atom is -0.294 e. The van der Waals surface area contributed by atoms with E-state index in [-0.39, 0.29) is 0 Å². The SMILES string of the molecule is C=C/C=C(\C)CC/N=C(\C)C(C)C. The number of aliphatic imine (C=N–C) groups is 1. The molecule has 0 fully saturated rings. The third kappa shape index (κ3) is 6.32. The highest BCUT2D eigenvalue weighted by atomic mass is 14.7. The Morgan fingerprint density at radius 2 is 2.00 bits per heavy atom. The Morgan fingerprint density at radius 1 is 1.38 bits per heavy atom. The molecule has 0 heterocycles. The molecule has 0 amide bonds. The van der Waals surface area contributed by atoms with Crippen LogP contribution >= 0.6 is 0 Å². The number of hydrogen-bond donors (Lipinski definition) is 0. The molecule has 0 aliphatic rings. The van der Waals surface area contributed by atoms with Crippen molar-refractivity contribution >= 4 is 5.71 Å². The zero-order valence-electron chi connectivity index (χ0n) is 9.30. The van der Waals surface area contributed by atoms with Crippen molar-refractivity contribution in [3.05, 3.63) is 24.3 Å². The summed E-state index contributed by atoms with van der Waals surface area (Å²) in [6, 6.07) is 0. The molecule has 0 aromatic heterocycles. The van der Waals surface area contributed by atoms with Crippen molar-refractivity contribution < 1.29 is 0 Å². The van der Waals surface area contributed by atoms with Gasteiger partial charge in [-0.15, -0.1) is 0 Å². The van der Waals surface area contributed by atoms with Gasteiger partial charge in [-0.1, -0.05) is 38.2 Å². The van der Waals surface area contributed by atoms with Crippen LogP contribution in [0.4, 0.5) is 0 Å². The predicted octanol–water partition coefficient (Wildman–Crippen LogP) is 3.63. The average molecular weight is 179 g/mol. The van der Waals surface area contributed by atoms with E-state index in [2.05, 4.69) is 39.3 Å². The lowest BCUT2D eigenvalue weighted by Crippen LogP contribution is -2.02. The Labute approximate surface area is 82.3 Å². The van der Waals surface area contributed by atoms with Crippen molar-refractivity contribution in [2.24, 2.45) is 10.9 Å². The first-order chi connectivity index (χ1) is 6.07. The highest BCUT2D eigenvalue weighted by molar-refractivity contribution is 5.83. The molecule has 0 unspecified atom stereocenters. The molecule has 0 aliphatic heterocycles. The van der Waals surface area contributed by atoms with E-state index in [9.17, 15) is 0 Å². The third-order valence-electron chi connectivity index (χ3n) is 2.11. The molecule has 0 saturated carbocycles. The van der Waals surface area contributed by atoms with Gasteiger partial charge in [0, 0.05) is 12.3 Å². The molecule has 0 rings (SSSR count). The Kier molecular flexibility index (Phi) is 6.21. The van der Waals surface area contributed by atoms with Gasteiger partial charge in [-0.3, -0.25) is 4.99 Å². The fraction of sp³-hybridized carbons (Fsp3) is 0.583. The first-order valence-corrected chi connectivity index (χ1v) is 4.87. The summed E-state index contributed by atoms with van der Waals surface area (Å²) in [6.07, 6.45) is 4.91. The van der Waals surface area contributed by atoms with Gasteiger partial charge in [-0.25, -0.2) is 0 Å². The summed E-state index contributed by atoms with van der Waals surface area (Å²) in [7, 11) is 0. The lowest BCUT2D eigenvalue weighted by molar-refractivity contribution is 0.851. The molecule has 13 heavy (non-hydrogen) atoms. The number of allylic oxidation sites excluding steroid dienone is 2. The van der Waals surface area contributed by atoms with E-state index in [1.807, 2.05) is 12.2 Å². The van der Waals surface area contributed by atoms with Crippen molar-refractivity contribution in [1.29, 1.82) is 0 Å². The van der Waals surface area contributed by atoms with Gasteiger partial charge in [0.05, 0.1) is 0 Å². The quantitative estimate of drug-likeness (QED) is 0.451. The summed E-state index contributed by atoms with van der Waals surface area (Å²) in [6.45, 7) is 13.1. The van der Waals surface area contributed by atoms with Gasteiger partial charge in [-0.05, 0) is 26.2 Å². The second-order valence-electron chi connectivity index (χ2n) is 3.68. The second-order valence-corrected chi connectivity index (χ2v) is 3.68. The van der Waals surface area contributed by atoms with Crippen molar-refractivity contribution in [3.8, 4) is 0 Å². The number of hydrogen-bond acceptors (Lipinski definition) is 1. The molecule has 0 aromatic rings. The van der Waals surface area contributed by atoms with Gasteiger partial charge in [0.1, 0.15) is 0 Å². The number of rotatable bonds is 5. The van der Waals surface area contributed by atoms with Crippen LogP contribution in [0.2, 0.25) is 0 Å². The molecule has 1 heteroatoms. The molecular formula is C12H21N. The first-order valence-electron chi connectivity index (χ1n) is 4.87. The van der Waals surface area contributed by atoms with Crippen LogP contribution in [-0.2, 0) is 0 Å². The fourth-order valence-electron chi connectivity index (χ4n) is 0.876. The van der Waals surface area contributed by atoms with Crippen LogP contribution in [0.5, 0.6) is 0 Å². The summed E-state index contributed by atoms with van der Waals surface area (Å²) in [5.41, 5.74) is 2.58. The maximum atomic E-state index is 4.49. The monoisotopic (exact) mass is 179 g/mol. The normalized spacial score (nSPS) is 13.6. The summed E-state index contributed by atoms with van der Waals surface area (Å²) in [5.74, 6) is 0.573. The van der Waals surface area contributed by atoms with Gasteiger partial charge >= 0.3 is 0 Å². The predicted molar refractivity (Wildman–Crippen MR) is 61.4 cm³/mol. The summed E-state index contributed by atoms with van der Waals surface area (Å²) in [4.78, 5) is 4.49. The van der Waals surface area contributed by atoms with Crippen LogP contribution in [0.15, 0.2) is 29.3 Å². The van der Waals surface area contributed by atoms with Crippen LogP contribution < -0.4 is 0 Å². The van der Waals surface area contributed by atoms with Crippen LogP contribution in [0.1, 0.15) is 34.1 Å². The van der Waals surface area contributed by atoms with E-state index < -0.39 is 0 Å². The van der Waals surface area contributed by atoms with Crippen LogP contribution in [-0.4, -0.2) is 12.3 Å². The number of nitrogens with zero attached hydrogens (tertiary/aromatic N) is 1. The minimum absolute atomic E-state index is 0.573. The Morgan fingerprint density at radius 3 is 2.46 bits per heavy atom. The Balaban J connectivity index is 3.85. The lowest BCUT2D eigenvalue weighted by atomic mass is 10.1. The van der Waals surface area contributed by atoms with Crippen molar-refractivity contribution in [1.82, 2.24) is 0 Å². The lowest BCUT2D eigenvalue weighted by Gasteiger charge is -2.03. The van der Waals surface area contributed by atoms with Gasteiger partial charge in [-0.2, -0.15) is 0 Å². The zero-order valence-corrected chi connectivity index (χ0v) is 9.30. The van der Waals surface area contributed by atoms with Crippen molar-refractivity contribution in [2.75, 3.05) is 6.54 Å². The van der Waals surface area contributed by atoms with Crippen molar-refractivity contribution in [2.45, 2.75) is 34.1 Å². The fourth-order valence-corrected chi connectivity index (χ4v) is 0.876. The van der Waals surface area contributed by atoms with Gasteiger partial charge in [0.2, 0.25) is 0 Å². The van der Waals surface area contributed by atoms with Gasteiger partial charge in [0.25, 0.3) is 0 Å². The highest BCUT2D eigenvalue weighted by Gasteiger charge is 1.96. The summed E-state index contributed by atoms with van der Waals surface area (Å²) < 4.78 is 0. The molecule has 74 valence electrons. The molecule has 0 spiro atoms. The zero-order chi connectivity index (χ0) is 10.3. The van der Waals surface area contributed by atoms with Crippen LogP contribution in [0, 0.1) is 5.92 Å². The average Bonchev–Trinajstić information content (AvgIpc) is 2.04. The van der Waals surface area contributed by atoms with E-state index in [0.717, 1.165) is 13.0 Å². The third-order valence-corrected chi connectivity index (χ3v) is 2.11. The Bertz CT molecular complexity index is 209. The van der Waals surface area contributed by atoms with E-state index in [4.69, 9.17) is 0 Å². The summed E-state index contributed by atoms with van der Waals surface area (Å²) >= 11 is 0. The molecule has 0 atom stereocenters. The standard InChI is InChI=1S/C12H21N/c1-6-7-11(4)8-9-13-12(5)10(2)3/h6-7,10H,1,8-9H2,2-5H3/b11-7+,13-12+. The maximum absolute atomic E-state index is 4.49. The molecule has 0 aromatic carbocycles. The second kappa shape index (κ2) is 6.64. The molecule has 0 saturated heterocycles. The van der Waals surface area contributed by atoms with E-state index in [1.165, 1.54) is 11.3 Å². The molecular weight excluding hydrogens is 158 g/mol. The molecule has 0 aliphatic carbocycles. The maximum Gasteiger partial charge on any atom is 0.0425 e. The van der Waals surface area contributed by atoms with Gasteiger partial charge in [0.15, 0.2) is 0 Å². The van der Waals surface area contributed by atoms with Crippen LogP contribution in [0.3, 0.4) is 0 Å². The largest absolute Gasteiger partial charge is 0.294 e. The molecule has 0 bridgehead atoms. The highest BCUT2D eigenvalue weighted by Crippen LogP contribution is 2.02. The topological polar surface area (TPSA) is 12.4 Å². The smallest absolute Gasteiger partial charge is 0.0425 e. The summed E-state index contributed by atoms with van der Waals surface area (Å²) in [5, 5.41) is 0. The Hall–Kier alpha value is -0.850. The van der Waals surface area contributed by atoms with Crippen molar-refractivity contribution in [3.63, 3.8) is 0 Å². The molecule has 0 radical (unpaired) electrons. The molecule has 1 nitrogen and oxygen atoms in total. The molecule has 0 N–H and O–H groups in total. The van der Waals surface area contributed by atoms with E-state index in [1.54, 1.807) is 0 Å². The van der Waals surface area contributed by atoms with E-state index in [0.29, 0.717) is 5.92 Å². The van der Waals surface area contributed by atoms with Crippen LogP contribution in [0.25, 0.3) is 0 Å². The van der Waals surface area contributed by atoms with Gasteiger partial charge < -0.3 is 0 Å².